The molecule has 3 atom stereocenters. The maximum absolute atomic E-state index is 12.4. The maximum atomic E-state index is 12.4. The first-order valence-electron chi connectivity index (χ1n) is 5.98. The van der Waals surface area contributed by atoms with Gasteiger partial charge in [-0.15, -0.1) is 0 Å². The molecule has 1 rings (SSSR count). The van der Waals surface area contributed by atoms with E-state index >= 15 is 0 Å². The Morgan fingerprint density at radius 3 is 2.72 bits per heavy atom. The number of alkyl halides is 3. The molecule has 1 saturated heterocycles. The smallest absolute Gasteiger partial charge is 0.403 e. The highest BCUT2D eigenvalue weighted by Gasteiger charge is 2.44. The standard InChI is InChI=1S/C11H18F3NO3/c1-2-9-7(3-4-18-9)5-15-6-8(10(16)17)11(12,13)14/h7-9,15H,2-6H2,1H3,(H,16,17). The Kier molecular flexibility index (Phi) is 5.40. The number of carboxylic acid groups (broad SMARTS) is 1. The minimum atomic E-state index is -4.71. The van der Waals surface area contributed by atoms with Gasteiger partial charge in [0.05, 0.1) is 6.10 Å². The van der Waals surface area contributed by atoms with Crippen LogP contribution in [0.15, 0.2) is 0 Å². The molecular weight excluding hydrogens is 251 g/mol. The van der Waals surface area contributed by atoms with Crippen LogP contribution in [0.5, 0.6) is 0 Å². The SMILES string of the molecule is CCC1OCCC1CNCC(C(=O)O)C(F)(F)F. The summed E-state index contributed by atoms with van der Waals surface area (Å²) in [5.74, 6) is -4.03. The lowest BCUT2D eigenvalue weighted by Crippen LogP contribution is -2.41. The quantitative estimate of drug-likeness (QED) is 0.770. The van der Waals surface area contributed by atoms with Gasteiger partial charge in [0.2, 0.25) is 0 Å². The second-order valence-electron chi connectivity index (χ2n) is 4.46. The van der Waals surface area contributed by atoms with E-state index in [0.29, 0.717) is 13.2 Å². The number of nitrogens with one attached hydrogen (secondary N) is 1. The molecule has 0 aromatic rings. The molecule has 0 aliphatic carbocycles. The van der Waals surface area contributed by atoms with Gasteiger partial charge in [0.1, 0.15) is 0 Å². The van der Waals surface area contributed by atoms with Crippen molar-refractivity contribution in [3.63, 3.8) is 0 Å². The van der Waals surface area contributed by atoms with Gasteiger partial charge in [-0.25, -0.2) is 0 Å². The van der Waals surface area contributed by atoms with E-state index in [1.54, 1.807) is 0 Å². The molecule has 0 saturated carbocycles. The Morgan fingerprint density at radius 2 is 2.22 bits per heavy atom. The van der Waals surface area contributed by atoms with Crippen molar-refractivity contribution in [2.24, 2.45) is 11.8 Å². The highest BCUT2D eigenvalue weighted by Crippen LogP contribution is 2.26. The molecule has 1 aliphatic rings. The van der Waals surface area contributed by atoms with Crippen molar-refractivity contribution >= 4 is 5.97 Å². The fourth-order valence-electron chi connectivity index (χ4n) is 2.13. The van der Waals surface area contributed by atoms with E-state index in [0.717, 1.165) is 12.8 Å². The molecule has 1 heterocycles. The minimum Gasteiger partial charge on any atom is -0.481 e. The lowest BCUT2D eigenvalue weighted by molar-refractivity contribution is -0.192. The first-order chi connectivity index (χ1) is 8.36. The molecule has 4 nitrogen and oxygen atoms in total. The van der Waals surface area contributed by atoms with Crippen molar-refractivity contribution in [3.8, 4) is 0 Å². The van der Waals surface area contributed by atoms with Crippen LogP contribution in [-0.4, -0.2) is 43.1 Å². The second kappa shape index (κ2) is 6.38. The van der Waals surface area contributed by atoms with Gasteiger partial charge in [-0.05, 0) is 18.8 Å². The fraction of sp³-hybridized carbons (Fsp3) is 0.909. The fourth-order valence-corrected chi connectivity index (χ4v) is 2.13. The predicted octanol–water partition coefficient (Wildman–Crippen LogP) is 1.65. The summed E-state index contributed by atoms with van der Waals surface area (Å²) in [4.78, 5) is 10.5. The van der Waals surface area contributed by atoms with Gasteiger partial charge < -0.3 is 15.2 Å². The molecule has 3 unspecified atom stereocenters. The first kappa shape index (κ1) is 15.2. The number of hydrogen-bond acceptors (Lipinski definition) is 3. The van der Waals surface area contributed by atoms with Crippen LogP contribution in [0.2, 0.25) is 0 Å². The zero-order chi connectivity index (χ0) is 13.8. The van der Waals surface area contributed by atoms with E-state index < -0.39 is 24.6 Å². The average molecular weight is 269 g/mol. The van der Waals surface area contributed by atoms with Crippen LogP contribution in [0.1, 0.15) is 19.8 Å². The highest BCUT2D eigenvalue weighted by atomic mass is 19.4. The summed E-state index contributed by atoms with van der Waals surface area (Å²) in [5, 5.41) is 11.1. The molecule has 0 amide bonds. The van der Waals surface area contributed by atoms with E-state index in [-0.39, 0.29) is 12.0 Å². The molecule has 18 heavy (non-hydrogen) atoms. The number of hydrogen-bond donors (Lipinski definition) is 2. The number of ether oxygens (including phenoxy) is 1. The molecule has 0 bridgehead atoms. The highest BCUT2D eigenvalue weighted by molar-refractivity contribution is 5.71. The molecule has 0 aromatic heterocycles. The van der Waals surface area contributed by atoms with Crippen LogP contribution in [0.3, 0.4) is 0 Å². The van der Waals surface area contributed by atoms with Gasteiger partial charge in [0, 0.05) is 19.7 Å². The summed E-state index contributed by atoms with van der Waals surface area (Å²) >= 11 is 0. The van der Waals surface area contributed by atoms with Crippen molar-refractivity contribution in [1.29, 1.82) is 0 Å². The van der Waals surface area contributed by atoms with Gasteiger partial charge in [0.15, 0.2) is 5.92 Å². The molecule has 2 N–H and O–H groups in total. The van der Waals surface area contributed by atoms with Gasteiger partial charge in [-0.2, -0.15) is 13.2 Å². The topological polar surface area (TPSA) is 58.6 Å². The Labute approximate surface area is 103 Å². The first-order valence-corrected chi connectivity index (χ1v) is 5.98. The summed E-state index contributed by atoms with van der Waals surface area (Å²) in [6.07, 6.45) is -3.04. The van der Waals surface area contributed by atoms with Gasteiger partial charge in [-0.3, -0.25) is 4.79 Å². The monoisotopic (exact) mass is 269 g/mol. The zero-order valence-electron chi connectivity index (χ0n) is 10.2. The zero-order valence-corrected chi connectivity index (χ0v) is 10.2. The third-order valence-electron chi connectivity index (χ3n) is 3.20. The largest absolute Gasteiger partial charge is 0.481 e. The summed E-state index contributed by atoms with van der Waals surface area (Å²) in [6.45, 7) is 2.34. The van der Waals surface area contributed by atoms with E-state index in [4.69, 9.17) is 9.84 Å². The van der Waals surface area contributed by atoms with Crippen LogP contribution in [0.4, 0.5) is 13.2 Å². The van der Waals surface area contributed by atoms with Crippen LogP contribution in [0, 0.1) is 11.8 Å². The minimum absolute atomic E-state index is 0.0617. The van der Waals surface area contributed by atoms with E-state index in [2.05, 4.69) is 5.32 Å². The van der Waals surface area contributed by atoms with Crippen LogP contribution in [0.25, 0.3) is 0 Å². The number of aliphatic carboxylic acids is 1. The van der Waals surface area contributed by atoms with E-state index in [9.17, 15) is 18.0 Å². The summed E-state index contributed by atoms with van der Waals surface area (Å²) in [7, 11) is 0. The molecule has 0 aromatic carbocycles. The van der Waals surface area contributed by atoms with Crippen LogP contribution >= 0.6 is 0 Å². The molecule has 0 spiro atoms. The number of rotatable bonds is 6. The van der Waals surface area contributed by atoms with Gasteiger partial charge >= 0.3 is 12.1 Å². The molecule has 7 heteroatoms. The van der Waals surface area contributed by atoms with Crippen molar-refractivity contribution < 1.29 is 27.8 Å². The van der Waals surface area contributed by atoms with Gasteiger partial charge in [-0.1, -0.05) is 6.92 Å². The van der Waals surface area contributed by atoms with Gasteiger partial charge in [0.25, 0.3) is 0 Å². The summed E-state index contributed by atoms with van der Waals surface area (Å²) in [5.41, 5.74) is 0. The molecule has 106 valence electrons. The van der Waals surface area contributed by atoms with Crippen molar-refractivity contribution in [1.82, 2.24) is 5.32 Å². The Bertz CT molecular complexity index is 283. The predicted molar refractivity (Wildman–Crippen MR) is 58.2 cm³/mol. The van der Waals surface area contributed by atoms with Crippen LogP contribution in [-0.2, 0) is 9.53 Å². The number of halogens is 3. The number of carbonyl (C=O) groups is 1. The summed E-state index contributed by atoms with van der Waals surface area (Å²) < 4.78 is 42.5. The normalized spacial score (nSPS) is 26.2. The Morgan fingerprint density at radius 1 is 1.56 bits per heavy atom. The molecule has 1 aliphatic heterocycles. The third-order valence-corrected chi connectivity index (χ3v) is 3.20. The second-order valence-corrected chi connectivity index (χ2v) is 4.46. The lowest BCUT2D eigenvalue weighted by Gasteiger charge is -2.20. The summed E-state index contributed by atoms with van der Waals surface area (Å²) in [6, 6.07) is 0. The number of carboxylic acids is 1. The lowest BCUT2D eigenvalue weighted by atomic mass is 9.99. The molecular formula is C11H18F3NO3. The van der Waals surface area contributed by atoms with Crippen LogP contribution < -0.4 is 5.32 Å². The molecule has 1 fully saturated rings. The molecule has 0 radical (unpaired) electrons. The van der Waals surface area contributed by atoms with E-state index in [1.165, 1.54) is 0 Å². The average Bonchev–Trinajstić information content (AvgIpc) is 2.69. The van der Waals surface area contributed by atoms with E-state index in [1.807, 2.05) is 6.92 Å². The third kappa shape index (κ3) is 4.13. The van der Waals surface area contributed by atoms with Crippen molar-refractivity contribution in [2.75, 3.05) is 19.7 Å². The Hall–Kier alpha value is -0.820. The van der Waals surface area contributed by atoms with Crippen molar-refractivity contribution in [3.05, 3.63) is 0 Å². The van der Waals surface area contributed by atoms with Crippen molar-refractivity contribution in [2.45, 2.75) is 32.0 Å². The Balaban J connectivity index is 2.37. The maximum Gasteiger partial charge on any atom is 0.403 e.